The summed E-state index contributed by atoms with van der Waals surface area (Å²) in [6.45, 7) is 1.97. The number of nitrogens with zero attached hydrogens (tertiary/aromatic N) is 2. The molecule has 3 nitrogen and oxygen atoms in total. The lowest BCUT2D eigenvalue weighted by molar-refractivity contribution is 0.672. The number of nitrogens with one attached hydrogen (secondary N) is 1. The highest BCUT2D eigenvalue weighted by atomic mass is 32.1. The first-order valence-electron chi connectivity index (χ1n) is 4.58. The van der Waals surface area contributed by atoms with Gasteiger partial charge in [-0.15, -0.1) is 10.2 Å². The molecule has 1 aromatic rings. The summed E-state index contributed by atoms with van der Waals surface area (Å²) in [7, 11) is 0. The first-order valence-corrected chi connectivity index (χ1v) is 5.39. The van der Waals surface area contributed by atoms with Crippen LogP contribution in [0.3, 0.4) is 0 Å². The molecule has 0 aliphatic heterocycles. The summed E-state index contributed by atoms with van der Waals surface area (Å²) in [6, 6.07) is 0.459. The van der Waals surface area contributed by atoms with Gasteiger partial charge < -0.3 is 5.32 Å². The van der Waals surface area contributed by atoms with Gasteiger partial charge in [-0.1, -0.05) is 23.5 Å². The van der Waals surface area contributed by atoms with Crippen molar-refractivity contribution in [3.63, 3.8) is 0 Å². The second-order valence-corrected chi connectivity index (χ2v) is 4.42. The fourth-order valence-electron chi connectivity index (χ4n) is 1.45. The second-order valence-electron chi connectivity index (χ2n) is 3.24. The first kappa shape index (κ1) is 8.69. The van der Waals surface area contributed by atoms with E-state index < -0.39 is 0 Å². The molecule has 1 unspecified atom stereocenters. The standard InChI is InChI=1S/C9H13N3S/c1-7-11-12-9(13-7)10-8-5-3-2-4-6-8/h3,5,8H,2,4,6H2,1H3,(H,10,12). The summed E-state index contributed by atoms with van der Waals surface area (Å²) >= 11 is 1.61. The van der Waals surface area contributed by atoms with Crippen LogP contribution >= 0.6 is 11.3 Å². The number of rotatable bonds is 2. The zero-order chi connectivity index (χ0) is 9.10. The molecule has 2 rings (SSSR count). The Kier molecular flexibility index (Phi) is 2.59. The third kappa shape index (κ3) is 2.28. The quantitative estimate of drug-likeness (QED) is 0.736. The van der Waals surface area contributed by atoms with Crippen molar-refractivity contribution in [3.05, 3.63) is 17.2 Å². The summed E-state index contributed by atoms with van der Waals surface area (Å²) < 4.78 is 0. The van der Waals surface area contributed by atoms with Crippen molar-refractivity contribution in [3.8, 4) is 0 Å². The SMILES string of the molecule is Cc1nnc(NC2C=CCCC2)s1. The molecule has 1 aliphatic rings. The van der Waals surface area contributed by atoms with E-state index in [2.05, 4.69) is 27.7 Å². The van der Waals surface area contributed by atoms with Gasteiger partial charge in [-0.05, 0) is 26.2 Å². The Morgan fingerprint density at radius 3 is 3.08 bits per heavy atom. The summed E-state index contributed by atoms with van der Waals surface area (Å²) in [5.41, 5.74) is 0. The molecule has 0 bridgehead atoms. The topological polar surface area (TPSA) is 37.8 Å². The Bertz CT molecular complexity index is 306. The third-order valence-electron chi connectivity index (χ3n) is 2.09. The molecule has 0 spiro atoms. The maximum atomic E-state index is 4.03. The Morgan fingerprint density at radius 2 is 2.46 bits per heavy atom. The number of allylic oxidation sites excluding steroid dienone is 1. The van der Waals surface area contributed by atoms with Gasteiger partial charge in [0.1, 0.15) is 5.01 Å². The first-order chi connectivity index (χ1) is 6.34. The number of hydrogen-bond donors (Lipinski definition) is 1. The van der Waals surface area contributed by atoms with Crippen molar-refractivity contribution in [1.29, 1.82) is 0 Å². The predicted octanol–water partition coefficient (Wildman–Crippen LogP) is 2.37. The lowest BCUT2D eigenvalue weighted by Crippen LogP contribution is -2.18. The molecule has 13 heavy (non-hydrogen) atoms. The fraction of sp³-hybridized carbons (Fsp3) is 0.556. The van der Waals surface area contributed by atoms with Crippen LogP contribution in [-0.2, 0) is 0 Å². The maximum absolute atomic E-state index is 4.03. The normalized spacial score (nSPS) is 21.8. The molecule has 4 heteroatoms. The monoisotopic (exact) mass is 195 g/mol. The van der Waals surface area contributed by atoms with Crippen LogP contribution in [0.25, 0.3) is 0 Å². The van der Waals surface area contributed by atoms with E-state index in [1.807, 2.05) is 6.92 Å². The molecule has 0 amide bonds. The average molecular weight is 195 g/mol. The third-order valence-corrected chi connectivity index (χ3v) is 2.86. The summed E-state index contributed by atoms with van der Waals surface area (Å²) in [5.74, 6) is 0. The lowest BCUT2D eigenvalue weighted by atomic mass is 10.0. The molecule has 0 radical (unpaired) electrons. The molecular weight excluding hydrogens is 182 g/mol. The van der Waals surface area contributed by atoms with E-state index in [1.165, 1.54) is 19.3 Å². The molecule has 1 aromatic heterocycles. The van der Waals surface area contributed by atoms with Crippen LogP contribution in [0.15, 0.2) is 12.2 Å². The lowest BCUT2D eigenvalue weighted by Gasteiger charge is -2.16. The van der Waals surface area contributed by atoms with E-state index >= 15 is 0 Å². The minimum Gasteiger partial charge on any atom is -0.354 e. The van der Waals surface area contributed by atoms with E-state index in [1.54, 1.807) is 11.3 Å². The molecule has 1 atom stereocenters. The van der Waals surface area contributed by atoms with E-state index in [-0.39, 0.29) is 0 Å². The van der Waals surface area contributed by atoms with Gasteiger partial charge in [-0.2, -0.15) is 0 Å². The Labute approximate surface area is 81.9 Å². The molecule has 1 aliphatic carbocycles. The Balaban J connectivity index is 1.97. The summed E-state index contributed by atoms with van der Waals surface area (Å²) in [5, 5.41) is 13.3. The van der Waals surface area contributed by atoms with Crippen molar-refractivity contribution < 1.29 is 0 Å². The molecule has 1 N–H and O–H groups in total. The fourth-order valence-corrected chi connectivity index (χ4v) is 2.10. The molecule has 0 saturated heterocycles. The highest BCUT2D eigenvalue weighted by Gasteiger charge is 2.09. The van der Waals surface area contributed by atoms with Gasteiger partial charge in [0.15, 0.2) is 0 Å². The van der Waals surface area contributed by atoms with Crippen LogP contribution < -0.4 is 5.32 Å². The van der Waals surface area contributed by atoms with Crippen LogP contribution in [0.4, 0.5) is 5.13 Å². The van der Waals surface area contributed by atoms with Gasteiger partial charge >= 0.3 is 0 Å². The number of aromatic nitrogens is 2. The van der Waals surface area contributed by atoms with Crippen LogP contribution in [0.2, 0.25) is 0 Å². The molecule has 1 heterocycles. The van der Waals surface area contributed by atoms with Crippen molar-refractivity contribution in [1.82, 2.24) is 10.2 Å². The van der Waals surface area contributed by atoms with Crippen LogP contribution in [0, 0.1) is 6.92 Å². The highest BCUT2D eigenvalue weighted by molar-refractivity contribution is 7.15. The van der Waals surface area contributed by atoms with Gasteiger partial charge in [0.2, 0.25) is 5.13 Å². The van der Waals surface area contributed by atoms with E-state index in [0.717, 1.165) is 10.1 Å². The minimum atomic E-state index is 0.459. The highest BCUT2D eigenvalue weighted by Crippen LogP contribution is 2.19. The minimum absolute atomic E-state index is 0.459. The van der Waals surface area contributed by atoms with Crippen molar-refractivity contribution >= 4 is 16.5 Å². The van der Waals surface area contributed by atoms with Crippen LogP contribution in [0.1, 0.15) is 24.3 Å². The number of aryl methyl sites for hydroxylation is 1. The molecule has 0 fully saturated rings. The molecule has 0 saturated carbocycles. The Hall–Kier alpha value is -0.900. The maximum Gasteiger partial charge on any atom is 0.206 e. The predicted molar refractivity (Wildman–Crippen MR) is 55.0 cm³/mol. The molecular formula is C9H13N3S. The van der Waals surface area contributed by atoms with Crippen LogP contribution in [0.5, 0.6) is 0 Å². The van der Waals surface area contributed by atoms with E-state index in [9.17, 15) is 0 Å². The largest absolute Gasteiger partial charge is 0.354 e. The van der Waals surface area contributed by atoms with Gasteiger partial charge in [-0.25, -0.2) is 0 Å². The van der Waals surface area contributed by atoms with E-state index in [4.69, 9.17) is 0 Å². The van der Waals surface area contributed by atoms with Crippen molar-refractivity contribution in [2.24, 2.45) is 0 Å². The summed E-state index contributed by atoms with van der Waals surface area (Å²) in [4.78, 5) is 0. The smallest absolute Gasteiger partial charge is 0.206 e. The van der Waals surface area contributed by atoms with Crippen molar-refractivity contribution in [2.45, 2.75) is 32.2 Å². The van der Waals surface area contributed by atoms with Crippen molar-refractivity contribution in [2.75, 3.05) is 5.32 Å². The van der Waals surface area contributed by atoms with Gasteiger partial charge in [0, 0.05) is 6.04 Å². The zero-order valence-corrected chi connectivity index (χ0v) is 8.47. The van der Waals surface area contributed by atoms with Gasteiger partial charge in [0.05, 0.1) is 0 Å². The molecule has 70 valence electrons. The average Bonchev–Trinajstić information content (AvgIpc) is 2.53. The van der Waals surface area contributed by atoms with Gasteiger partial charge in [0.25, 0.3) is 0 Å². The van der Waals surface area contributed by atoms with Crippen LogP contribution in [-0.4, -0.2) is 16.2 Å². The number of anilines is 1. The Morgan fingerprint density at radius 1 is 1.54 bits per heavy atom. The second kappa shape index (κ2) is 3.87. The zero-order valence-electron chi connectivity index (χ0n) is 7.66. The summed E-state index contributed by atoms with van der Waals surface area (Å²) in [6.07, 6.45) is 8.14. The number of hydrogen-bond acceptors (Lipinski definition) is 4. The molecule has 0 aromatic carbocycles. The van der Waals surface area contributed by atoms with E-state index in [0.29, 0.717) is 6.04 Å². The van der Waals surface area contributed by atoms with Gasteiger partial charge in [-0.3, -0.25) is 0 Å².